The molecule has 0 saturated carbocycles. The molecule has 1 saturated heterocycles. The zero-order valence-corrected chi connectivity index (χ0v) is 22.1. The molecule has 0 amide bonds. The highest BCUT2D eigenvalue weighted by molar-refractivity contribution is 7.89. The molecule has 11 nitrogen and oxygen atoms in total. The lowest BCUT2D eigenvalue weighted by molar-refractivity contribution is -0.590. The van der Waals surface area contributed by atoms with Crippen LogP contribution in [0.15, 0.2) is 27.9 Å². The molecule has 1 aliphatic heterocycles. The van der Waals surface area contributed by atoms with E-state index >= 15 is 0 Å². The zero-order valence-electron chi connectivity index (χ0n) is 21.3. The summed E-state index contributed by atoms with van der Waals surface area (Å²) in [5.74, 6) is 1.37. The quantitative estimate of drug-likeness (QED) is 0.409. The number of hydrogen-bond donors (Lipinski definition) is 2. The van der Waals surface area contributed by atoms with E-state index in [4.69, 9.17) is 4.74 Å². The van der Waals surface area contributed by atoms with Crippen LogP contribution in [-0.4, -0.2) is 63.5 Å². The molecule has 12 heteroatoms. The van der Waals surface area contributed by atoms with E-state index in [0.717, 1.165) is 6.42 Å². The van der Waals surface area contributed by atoms with Gasteiger partial charge in [-0.2, -0.15) is 4.31 Å². The van der Waals surface area contributed by atoms with Gasteiger partial charge in [-0.05, 0) is 56.7 Å². The maximum absolute atomic E-state index is 13.5. The van der Waals surface area contributed by atoms with Crippen LogP contribution in [0.5, 0.6) is 5.75 Å². The number of nitrogens with zero attached hydrogens (tertiary/aromatic N) is 5. The van der Waals surface area contributed by atoms with Crippen molar-refractivity contribution in [1.82, 2.24) is 24.2 Å². The van der Waals surface area contributed by atoms with Crippen LogP contribution >= 0.6 is 0 Å². The fourth-order valence-electron chi connectivity index (χ4n) is 4.78. The Balaban J connectivity index is 1.76. The summed E-state index contributed by atoms with van der Waals surface area (Å²) in [5, 5.41) is 19.2. The average molecular weight is 520 g/mol. The number of H-pyrrole nitrogens is 1. The number of ether oxygens (including phenoxy) is 1. The van der Waals surface area contributed by atoms with Crippen molar-refractivity contribution in [2.75, 3.05) is 19.7 Å². The Morgan fingerprint density at radius 2 is 1.97 bits per heavy atom. The highest BCUT2D eigenvalue weighted by Crippen LogP contribution is 2.32. The molecule has 0 radical (unpaired) electrons. The number of aliphatic hydroxyl groups is 1. The first-order valence-corrected chi connectivity index (χ1v) is 14.0. The second-order valence-electron chi connectivity index (χ2n) is 9.14. The van der Waals surface area contributed by atoms with Gasteiger partial charge in [0.05, 0.1) is 30.2 Å². The van der Waals surface area contributed by atoms with E-state index in [1.807, 2.05) is 20.8 Å². The minimum absolute atomic E-state index is 0.100. The van der Waals surface area contributed by atoms with Crippen molar-refractivity contribution in [2.45, 2.75) is 63.9 Å². The van der Waals surface area contributed by atoms with Crippen LogP contribution in [0.4, 0.5) is 0 Å². The SMILES string of the molecule is CCCc1nn(C)c2c(=O)[nH]c(-c3cc(S(=O)(=O)N4CCC([C@H](O)CC)CC4)ccc3OCC)n[n+]12. The van der Waals surface area contributed by atoms with Crippen molar-refractivity contribution < 1.29 is 22.8 Å². The van der Waals surface area contributed by atoms with Gasteiger partial charge in [-0.15, -0.1) is 4.68 Å². The number of rotatable bonds is 9. The Bertz CT molecular complexity index is 1390. The number of aryl methyl sites for hydroxylation is 2. The second-order valence-corrected chi connectivity index (χ2v) is 11.1. The van der Waals surface area contributed by atoms with Crippen LogP contribution in [0.3, 0.4) is 0 Å². The fourth-order valence-corrected chi connectivity index (χ4v) is 6.28. The molecular formula is C24H35N6O5S+. The third-order valence-corrected chi connectivity index (χ3v) is 8.63. The van der Waals surface area contributed by atoms with Gasteiger partial charge in [0.1, 0.15) is 5.75 Å². The molecule has 196 valence electrons. The predicted molar refractivity (Wildman–Crippen MR) is 133 cm³/mol. The minimum atomic E-state index is -3.79. The number of piperidine rings is 1. The third-order valence-electron chi connectivity index (χ3n) is 6.73. The van der Waals surface area contributed by atoms with Gasteiger partial charge in [0, 0.05) is 24.6 Å². The molecule has 1 atom stereocenters. The van der Waals surface area contributed by atoms with Crippen molar-refractivity contribution in [1.29, 1.82) is 0 Å². The lowest BCUT2D eigenvalue weighted by Crippen LogP contribution is -2.41. The molecule has 0 aliphatic carbocycles. The molecular weight excluding hydrogens is 484 g/mol. The maximum Gasteiger partial charge on any atom is 0.350 e. The summed E-state index contributed by atoms with van der Waals surface area (Å²) in [5.41, 5.74) is 0.290. The van der Waals surface area contributed by atoms with Crippen LogP contribution in [0, 0.1) is 5.92 Å². The number of nitrogens with one attached hydrogen (secondary N) is 1. The first-order valence-electron chi connectivity index (χ1n) is 12.5. The fraction of sp³-hybridized carbons (Fsp3) is 0.583. The number of fused-ring (bicyclic) bond motifs is 1. The molecule has 2 N–H and O–H groups in total. The third kappa shape index (κ3) is 4.89. The predicted octanol–water partition coefficient (Wildman–Crippen LogP) is 1.43. The molecule has 0 unspecified atom stereocenters. The van der Waals surface area contributed by atoms with Crippen molar-refractivity contribution in [3.63, 3.8) is 0 Å². The van der Waals surface area contributed by atoms with Crippen LogP contribution in [0.1, 0.15) is 52.3 Å². The normalized spacial score (nSPS) is 16.5. The molecule has 0 spiro atoms. The Morgan fingerprint density at radius 1 is 1.25 bits per heavy atom. The number of benzene rings is 1. The van der Waals surface area contributed by atoms with Gasteiger partial charge in [-0.3, -0.25) is 9.78 Å². The lowest BCUT2D eigenvalue weighted by Gasteiger charge is -2.33. The van der Waals surface area contributed by atoms with Crippen LogP contribution in [-0.2, 0) is 23.5 Å². The van der Waals surface area contributed by atoms with Gasteiger partial charge in [0.15, 0.2) is 5.82 Å². The Kier molecular flexibility index (Phi) is 7.76. The smallest absolute Gasteiger partial charge is 0.350 e. The second kappa shape index (κ2) is 10.7. The molecule has 4 rings (SSSR count). The van der Waals surface area contributed by atoms with Gasteiger partial charge in [-0.25, -0.2) is 8.42 Å². The molecule has 2 aromatic heterocycles. The molecule has 1 aromatic carbocycles. The van der Waals surface area contributed by atoms with E-state index in [-0.39, 0.29) is 22.2 Å². The molecule has 3 aromatic rings. The van der Waals surface area contributed by atoms with Crippen LogP contribution in [0.25, 0.3) is 17.0 Å². The number of hydrogen-bond acceptors (Lipinski definition) is 7. The summed E-state index contributed by atoms with van der Waals surface area (Å²) < 4.78 is 37.3. The lowest BCUT2D eigenvalue weighted by atomic mass is 9.91. The van der Waals surface area contributed by atoms with Gasteiger partial charge in [0.25, 0.3) is 0 Å². The number of aliphatic hydroxyl groups excluding tert-OH is 1. The Morgan fingerprint density at radius 3 is 2.61 bits per heavy atom. The van der Waals surface area contributed by atoms with Crippen molar-refractivity contribution in [2.24, 2.45) is 13.0 Å². The summed E-state index contributed by atoms with van der Waals surface area (Å²) in [7, 11) is -2.11. The average Bonchev–Trinajstić information content (AvgIpc) is 3.19. The standard InChI is InChI=1S/C24H34N6O5S/c1-5-8-21-26-28(4)24-23(32)25-22(27-30(21)24)18-15-17(9-10-20(18)35-7-3)36(33,34)29-13-11-16(12-14-29)19(31)6-2/h9-10,15-16,19,31H,5-8,11-14H2,1-4H3/p+1/t19-/m1/s1. The van der Waals surface area contributed by atoms with E-state index in [9.17, 15) is 18.3 Å². The Labute approximate surface area is 210 Å². The van der Waals surface area contributed by atoms with E-state index < -0.39 is 16.1 Å². The topological polar surface area (TPSA) is 135 Å². The van der Waals surface area contributed by atoms with Crippen LogP contribution < -0.4 is 14.8 Å². The monoisotopic (exact) mass is 519 g/mol. The van der Waals surface area contributed by atoms with Gasteiger partial charge in [0.2, 0.25) is 10.0 Å². The van der Waals surface area contributed by atoms with E-state index in [1.165, 1.54) is 25.6 Å². The minimum Gasteiger partial charge on any atom is -0.493 e. The highest BCUT2D eigenvalue weighted by Gasteiger charge is 2.32. The molecule has 0 bridgehead atoms. The van der Waals surface area contributed by atoms with Crippen molar-refractivity contribution in [3.05, 3.63) is 34.4 Å². The molecule has 1 fully saturated rings. The molecule has 3 heterocycles. The van der Waals surface area contributed by atoms with E-state index in [2.05, 4.69) is 15.2 Å². The van der Waals surface area contributed by atoms with Gasteiger partial charge >= 0.3 is 17.0 Å². The van der Waals surface area contributed by atoms with Crippen molar-refractivity contribution >= 4 is 15.7 Å². The maximum atomic E-state index is 13.5. The summed E-state index contributed by atoms with van der Waals surface area (Å²) in [4.78, 5) is 15.8. The summed E-state index contributed by atoms with van der Waals surface area (Å²) in [6.45, 7) is 6.83. The summed E-state index contributed by atoms with van der Waals surface area (Å²) in [6, 6.07) is 4.63. The highest BCUT2D eigenvalue weighted by atomic mass is 32.2. The molecule has 1 aliphatic rings. The summed E-state index contributed by atoms with van der Waals surface area (Å²) in [6.07, 6.45) is 2.93. The van der Waals surface area contributed by atoms with E-state index in [0.29, 0.717) is 68.2 Å². The number of aromatic amines is 1. The Hall–Kier alpha value is -2.83. The number of aromatic nitrogens is 5. The first kappa shape index (κ1) is 26.2. The first-order chi connectivity index (χ1) is 17.2. The largest absolute Gasteiger partial charge is 0.493 e. The van der Waals surface area contributed by atoms with Gasteiger partial charge < -0.3 is 9.84 Å². The van der Waals surface area contributed by atoms with Crippen LogP contribution in [0.2, 0.25) is 0 Å². The summed E-state index contributed by atoms with van der Waals surface area (Å²) >= 11 is 0. The zero-order chi connectivity index (χ0) is 26.0. The number of sulfonamides is 1. The van der Waals surface area contributed by atoms with E-state index in [1.54, 1.807) is 13.1 Å². The molecule has 36 heavy (non-hydrogen) atoms. The van der Waals surface area contributed by atoms with Gasteiger partial charge in [-0.1, -0.05) is 23.5 Å². The van der Waals surface area contributed by atoms with Crippen molar-refractivity contribution in [3.8, 4) is 17.1 Å².